The zero-order valence-corrected chi connectivity index (χ0v) is 26.8. The first-order valence-corrected chi connectivity index (χ1v) is 13.3. The Morgan fingerprint density at radius 2 is 1.74 bits per heavy atom. The quantitative estimate of drug-likeness (QED) is 0.286. The van der Waals surface area contributed by atoms with Crippen LogP contribution in [0.2, 0.25) is 0 Å². The third kappa shape index (κ3) is 7.47. The van der Waals surface area contributed by atoms with Gasteiger partial charge in [0.05, 0.1) is 18.5 Å². The van der Waals surface area contributed by atoms with Crippen LogP contribution in [0.15, 0.2) is 24.3 Å². The molecule has 12 heteroatoms. The number of ketones is 1. The van der Waals surface area contributed by atoms with Gasteiger partial charge in [-0.3, -0.25) is 24.6 Å². The first kappa shape index (κ1) is 34.3. The van der Waals surface area contributed by atoms with Crippen LogP contribution in [-0.4, -0.2) is 83.6 Å². The van der Waals surface area contributed by atoms with E-state index in [2.05, 4.69) is 5.32 Å². The summed E-state index contributed by atoms with van der Waals surface area (Å²) in [5, 5.41) is 31.6. The summed E-state index contributed by atoms with van der Waals surface area (Å²) >= 11 is 0. The normalized spacial score (nSPS) is 12.4. The van der Waals surface area contributed by atoms with E-state index in [0.29, 0.717) is 40.0 Å². The Bertz CT molecular complexity index is 1420. The highest BCUT2D eigenvalue weighted by atomic mass is 79.9. The van der Waals surface area contributed by atoms with E-state index >= 15 is 0 Å². The van der Waals surface area contributed by atoms with Gasteiger partial charge in [-0.15, -0.1) is 17.0 Å². The van der Waals surface area contributed by atoms with Gasteiger partial charge < -0.3 is 30.2 Å². The molecule has 0 radical (unpaired) electrons. The molecule has 0 aliphatic carbocycles. The molecule has 228 valence electrons. The molecule has 0 bridgehead atoms. The van der Waals surface area contributed by atoms with E-state index in [1.807, 2.05) is 45.8 Å². The van der Waals surface area contributed by atoms with E-state index in [-0.39, 0.29) is 72.2 Å². The number of hydrogen-bond acceptors (Lipinski definition) is 7. The predicted molar refractivity (Wildman–Crippen MR) is 166 cm³/mol. The summed E-state index contributed by atoms with van der Waals surface area (Å²) in [5.41, 5.74) is 3.19. The SMILES string of the molecule is Br.CNC(=O)c1cc2c(cc1N(C)C)CN(CC(=O)c1cc(CN(CCC(=O)O)C(C)=O)c(O)c(C(C)(C)C)c1)C2=N. The Morgan fingerprint density at radius 3 is 2.26 bits per heavy atom. The maximum Gasteiger partial charge on any atom is 0.305 e. The van der Waals surface area contributed by atoms with Crippen molar-refractivity contribution in [3.05, 3.63) is 57.6 Å². The average Bonchev–Trinajstić information content (AvgIpc) is 3.18. The first-order chi connectivity index (χ1) is 19.0. The van der Waals surface area contributed by atoms with Gasteiger partial charge in [-0.1, -0.05) is 20.8 Å². The van der Waals surface area contributed by atoms with E-state index in [4.69, 9.17) is 10.5 Å². The number of benzene rings is 2. The van der Waals surface area contributed by atoms with E-state index < -0.39 is 11.4 Å². The Labute approximate surface area is 256 Å². The van der Waals surface area contributed by atoms with Crippen LogP contribution in [0.25, 0.3) is 0 Å². The number of aliphatic carboxylic acids is 1. The third-order valence-corrected chi connectivity index (χ3v) is 7.16. The maximum absolute atomic E-state index is 13.6. The van der Waals surface area contributed by atoms with Gasteiger partial charge in [-0.2, -0.15) is 0 Å². The number of carbonyl (C=O) groups excluding carboxylic acids is 3. The number of carbonyl (C=O) groups is 4. The molecule has 1 aliphatic heterocycles. The number of halogens is 1. The largest absolute Gasteiger partial charge is 0.507 e. The van der Waals surface area contributed by atoms with Crippen molar-refractivity contribution in [3.8, 4) is 5.75 Å². The smallest absolute Gasteiger partial charge is 0.305 e. The number of fused-ring (bicyclic) bond motifs is 1. The average molecular weight is 647 g/mol. The number of phenols is 1. The predicted octanol–water partition coefficient (Wildman–Crippen LogP) is 3.54. The fourth-order valence-electron chi connectivity index (χ4n) is 4.86. The van der Waals surface area contributed by atoms with Crippen LogP contribution in [0, 0.1) is 5.41 Å². The lowest BCUT2D eigenvalue weighted by atomic mass is 9.83. The standard InChI is InChI=1S/C30H39N5O6.BrH/c1-17(36)34(9-8-26(38)39)15-20-10-18(11-23(27(20)40)30(2,3)4)25(37)16-35-14-19-12-24(33(6)7)22(29(41)32-5)13-21(19)28(35)31;/h10-13,31,40H,8-9,14-16H2,1-7H3,(H,32,41)(H,38,39);1H. The maximum atomic E-state index is 13.6. The highest BCUT2D eigenvalue weighted by Gasteiger charge is 2.30. The molecule has 0 atom stereocenters. The molecule has 2 amide bonds. The Hall–Kier alpha value is -3.93. The molecule has 2 aromatic rings. The van der Waals surface area contributed by atoms with Gasteiger partial charge in [-0.25, -0.2) is 0 Å². The number of phenolic OH excluding ortho intramolecular Hbond substituents is 1. The van der Waals surface area contributed by atoms with Gasteiger partial charge in [0.25, 0.3) is 5.91 Å². The zero-order chi connectivity index (χ0) is 30.8. The van der Waals surface area contributed by atoms with Crippen molar-refractivity contribution in [2.75, 3.05) is 39.1 Å². The highest BCUT2D eigenvalue weighted by Crippen LogP contribution is 2.36. The number of aromatic hydroxyl groups is 1. The lowest BCUT2D eigenvalue weighted by molar-refractivity contribution is -0.138. The molecular formula is C30H40BrN5O6. The fraction of sp³-hybridized carbons (Fsp3) is 0.433. The van der Waals surface area contributed by atoms with Crippen molar-refractivity contribution in [3.63, 3.8) is 0 Å². The van der Waals surface area contributed by atoms with E-state index in [9.17, 15) is 24.3 Å². The van der Waals surface area contributed by atoms with Gasteiger partial charge in [0.1, 0.15) is 11.6 Å². The van der Waals surface area contributed by atoms with Crippen molar-refractivity contribution < 1.29 is 29.4 Å². The molecule has 42 heavy (non-hydrogen) atoms. The van der Waals surface area contributed by atoms with Crippen LogP contribution >= 0.6 is 17.0 Å². The highest BCUT2D eigenvalue weighted by molar-refractivity contribution is 8.93. The van der Waals surface area contributed by atoms with Gasteiger partial charge in [0.15, 0.2) is 5.78 Å². The first-order valence-electron chi connectivity index (χ1n) is 13.3. The molecule has 0 fully saturated rings. The summed E-state index contributed by atoms with van der Waals surface area (Å²) in [4.78, 5) is 54.2. The summed E-state index contributed by atoms with van der Waals surface area (Å²) in [6, 6.07) is 6.71. The van der Waals surface area contributed by atoms with Crippen molar-refractivity contribution in [1.29, 1.82) is 5.41 Å². The summed E-state index contributed by atoms with van der Waals surface area (Å²) in [7, 11) is 5.21. The zero-order valence-electron chi connectivity index (χ0n) is 25.1. The lowest BCUT2D eigenvalue weighted by Crippen LogP contribution is -2.32. The molecule has 0 saturated carbocycles. The number of nitrogens with one attached hydrogen (secondary N) is 2. The van der Waals surface area contributed by atoms with Gasteiger partial charge >= 0.3 is 5.97 Å². The van der Waals surface area contributed by atoms with Crippen LogP contribution in [0.4, 0.5) is 5.69 Å². The van der Waals surface area contributed by atoms with Crippen LogP contribution in [0.1, 0.15) is 77.1 Å². The Balaban J connectivity index is 0.00000616. The number of amidine groups is 1. The summed E-state index contributed by atoms with van der Waals surface area (Å²) in [6.07, 6.45) is -0.250. The van der Waals surface area contributed by atoms with Gasteiger partial charge in [0.2, 0.25) is 5.91 Å². The van der Waals surface area contributed by atoms with Crippen molar-refractivity contribution in [2.45, 2.75) is 52.6 Å². The molecule has 4 N–H and O–H groups in total. The minimum Gasteiger partial charge on any atom is -0.507 e. The molecule has 0 spiro atoms. The molecule has 11 nitrogen and oxygen atoms in total. The minimum atomic E-state index is -1.05. The van der Waals surface area contributed by atoms with Crippen LogP contribution < -0.4 is 10.2 Å². The van der Waals surface area contributed by atoms with Crippen LogP contribution in [-0.2, 0) is 28.1 Å². The number of Topliss-reactive ketones (excluding diaryl/α,β-unsaturated/α-hetero) is 1. The molecular weight excluding hydrogens is 606 g/mol. The van der Waals surface area contributed by atoms with E-state index in [0.717, 1.165) is 5.56 Å². The second kappa shape index (κ2) is 13.4. The fourth-order valence-corrected chi connectivity index (χ4v) is 4.86. The minimum absolute atomic E-state index is 0. The van der Waals surface area contributed by atoms with Crippen LogP contribution in [0.3, 0.4) is 0 Å². The van der Waals surface area contributed by atoms with Crippen molar-refractivity contribution in [2.24, 2.45) is 0 Å². The number of anilines is 1. The van der Waals surface area contributed by atoms with E-state index in [1.165, 1.54) is 17.9 Å². The lowest BCUT2D eigenvalue weighted by Gasteiger charge is -2.26. The number of hydrogen-bond donors (Lipinski definition) is 4. The van der Waals surface area contributed by atoms with Gasteiger partial charge in [-0.05, 0) is 35.2 Å². The topological polar surface area (TPSA) is 154 Å². The van der Waals surface area contributed by atoms with Crippen molar-refractivity contribution >= 4 is 52.1 Å². The third-order valence-electron chi connectivity index (χ3n) is 7.16. The number of carboxylic acid groups (broad SMARTS) is 1. The Morgan fingerprint density at radius 1 is 1.10 bits per heavy atom. The summed E-state index contributed by atoms with van der Waals surface area (Å²) < 4.78 is 0. The number of carboxylic acids is 1. The molecule has 0 unspecified atom stereocenters. The summed E-state index contributed by atoms with van der Waals surface area (Å²) in [5.74, 6) is -1.86. The van der Waals surface area contributed by atoms with Crippen molar-refractivity contribution in [1.82, 2.24) is 15.1 Å². The van der Waals surface area contributed by atoms with Gasteiger partial charge in [0, 0.05) is 75.6 Å². The summed E-state index contributed by atoms with van der Waals surface area (Å²) in [6.45, 7) is 7.13. The second-order valence-electron chi connectivity index (χ2n) is 11.5. The molecule has 1 aliphatic rings. The molecule has 2 aromatic carbocycles. The number of amides is 2. The van der Waals surface area contributed by atoms with E-state index in [1.54, 1.807) is 24.1 Å². The Kier molecular flexibility index (Phi) is 10.9. The monoisotopic (exact) mass is 645 g/mol. The molecule has 0 saturated heterocycles. The second-order valence-corrected chi connectivity index (χ2v) is 11.5. The number of nitrogens with zero attached hydrogens (tertiary/aromatic N) is 3. The van der Waals surface area contributed by atoms with Crippen LogP contribution in [0.5, 0.6) is 5.75 Å². The molecule has 1 heterocycles. The molecule has 3 rings (SSSR count). The number of rotatable bonds is 10. The molecule has 0 aromatic heterocycles.